The van der Waals surface area contributed by atoms with Gasteiger partial charge in [0.05, 0.1) is 11.0 Å². The number of nitrogens with two attached hydrogens (primary N) is 1. The van der Waals surface area contributed by atoms with Gasteiger partial charge in [-0.25, -0.2) is 8.42 Å². The highest BCUT2D eigenvalue weighted by Crippen LogP contribution is 2.21. The Balaban J connectivity index is 1.79. The number of rotatable bonds is 3. The average Bonchev–Trinajstić information content (AvgIpc) is 2.69. The topological polar surface area (TPSA) is 72.2 Å². The second-order valence-electron chi connectivity index (χ2n) is 4.81. The molecule has 0 spiro atoms. The molecule has 3 atom stereocenters. The third-order valence-corrected chi connectivity index (χ3v) is 5.85. The van der Waals surface area contributed by atoms with E-state index in [9.17, 15) is 8.42 Å². The standard InChI is InChI=1S/C10H20N2O2S/c11-8-3-4-9(6-8)12-7-10-2-1-5-15(10,13)14/h8-10,12H,1-7,11H2. The summed E-state index contributed by atoms with van der Waals surface area (Å²) >= 11 is 0. The summed E-state index contributed by atoms with van der Waals surface area (Å²) < 4.78 is 23.1. The van der Waals surface area contributed by atoms with E-state index in [2.05, 4.69) is 5.32 Å². The van der Waals surface area contributed by atoms with Crippen molar-refractivity contribution >= 4 is 9.84 Å². The maximum atomic E-state index is 11.6. The summed E-state index contributed by atoms with van der Waals surface area (Å²) in [5.74, 6) is 0.378. The second kappa shape index (κ2) is 4.39. The minimum absolute atomic E-state index is 0.144. The zero-order valence-corrected chi connectivity index (χ0v) is 9.80. The largest absolute Gasteiger partial charge is 0.328 e. The van der Waals surface area contributed by atoms with Crippen LogP contribution in [0.25, 0.3) is 0 Å². The molecule has 4 nitrogen and oxygen atoms in total. The molecule has 0 aromatic rings. The highest BCUT2D eigenvalue weighted by atomic mass is 32.2. The summed E-state index contributed by atoms with van der Waals surface area (Å²) in [7, 11) is -2.79. The SMILES string of the molecule is NC1CCC(NCC2CCCS2(=O)=O)C1. The quantitative estimate of drug-likeness (QED) is 0.720. The van der Waals surface area contributed by atoms with Crippen LogP contribution in [-0.2, 0) is 9.84 Å². The van der Waals surface area contributed by atoms with Gasteiger partial charge in [-0.2, -0.15) is 0 Å². The number of hydrogen-bond donors (Lipinski definition) is 2. The van der Waals surface area contributed by atoms with Crippen molar-refractivity contribution < 1.29 is 8.42 Å². The molecule has 0 aromatic carbocycles. The summed E-state index contributed by atoms with van der Waals surface area (Å²) in [4.78, 5) is 0. The number of hydrogen-bond acceptors (Lipinski definition) is 4. The molecule has 88 valence electrons. The molecule has 5 heteroatoms. The Bertz CT molecular complexity index is 315. The van der Waals surface area contributed by atoms with Gasteiger partial charge in [-0.3, -0.25) is 0 Å². The van der Waals surface area contributed by atoms with Crippen molar-refractivity contribution in [3.8, 4) is 0 Å². The molecular formula is C10H20N2O2S. The molecule has 0 bridgehead atoms. The Labute approximate surface area is 91.5 Å². The normalized spacial score (nSPS) is 39.7. The van der Waals surface area contributed by atoms with Crippen molar-refractivity contribution in [2.45, 2.75) is 49.4 Å². The molecule has 1 heterocycles. The van der Waals surface area contributed by atoms with Crippen molar-refractivity contribution in [2.24, 2.45) is 5.73 Å². The van der Waals surface area contributed by atoms with Crippen molar-refractivity contribution in [1.29, 1.82) is 0 Å². The molecule has 2 rings (SSSR count). The van der Waals surface area contributed by atoms with E-state index in [1.54, 1.807) is 0 Å². The van der Waals surface area contributed by atoms with Crippen LogP contribution in [0.2, 0.25) is 0 Å². The van der Waals surface area contributed by atoms with Crippen LogP contribution in [0.3, 0.4) is 0 Å². The van der Waals surface area contributed by atoms with Gasteiger partial charge in [0.15, 0.2) is 9.84 Å². The molecular weight excluding hydrogens is 212 g/mol. The molecule has 0 aromatic heterocycles. The second-order valence-corrected chi connectivity index (χ2v) is 7.21. The number of nitrogens with one attached hydrogen (secondary N) is 1. The van der Waals surface area contributed by atoms with Gasteiger partial charge in [-0.1, -0.05) is 0 Å². The van der Waals surface area contributed by atoms with Gasteiger partial charge in [0, 0.05) is 18.6 Å². The molecule has 3 N–H and O–H groups in total. The molecule has 1 aliphatic carbocycles. The molecule has 0 radical (unpaired) electrons. The zero-order valence-electron chi connectivity index (χ0n) is 8.98. The Morgan fingerprint density at radius 3 is 2.60 bits per heavy atom. The van der Waals surface area contributed by atoms with Gasteiger partial charge in [0.25, 0.3) is 0 Å². The summed E-state index contributed by atoms with van der Waals surface area (Å²) in [6, 6.07) is 0.749. The summed E-state index contributed by atoms with van der Waals surface area (Å²) in [6.45, 7) is 0.625. The minimum atomic E-state index is -2.79. The van der Waals surface area contributed by atoms with Gasteiger partial charge in [-0.15, -0.1) is 0 Å². The van der Waals surface area contributed by atoms with Crippen LogP contribution in [0, 0.1) is 0 Å². The minimum Gasteiger partial charge on any atom is -0.328 e. The van der Waals surface area contributed by atoms with Crippen LogP contribution < -0.4 is 11.1 Å². The smallest absolute Gasteiger partial charge is 0.154 e. The predicted molar refractivity (Wildman–Crippen MR) is 60.4 cm³/mol. The van der Waals surface area contributed by atoms with E-state index in [0.29, 0.717) is 24.4 Å². The first-order valence-electron chi connectivity index (χ1n) is 5.78. The molecule has 2 fully saturated rings. The monoisotopic (exact) mass is 232 g/mol. The Morgan fingerprint density at radius 2 is 2.07 bits per heavy atom. The van der Waals surface area contributed by atoms with Crippen LogP contribution in [0.5, 0.6) is 0 Å². The molecule has 1 saturated carbocycles. The van der Waals surface area contributed by atoms with Gasteiger partial charge in [-0.05, 0) is 32.1 Å². The van der Waals surface area contributed by atoms with Crippen LogP contribution in [0.4, 0.5) is 0 Å². The van der Waals surface area contributed by atoms with Crippen LogP contribution in [0.15, 0.2) is 0 Å². The van der Waals surface area contributed by atoms with E-state index < -0.39 is 9.84 Å². The third-order valence-electron chi connectivity index (χ3n) is 3.57. The lowest BCUT2D eigenvalue weighted by Crippen LogP contribution is -2.36. The van der Waals surface area contributed by atoms with E-state index in [1.165, 1.54) is 0 Å². The van der Waals surface area contributed by atoms with Gasteiger partial charge < -0.3 is 11.1 Å². The van der Waals surface area contributed by atoms with Crippen molar-refractivity contribution in [3.63, 3.8) is 0 Å². The highest BCUT2D eigenvalue weighted by molar-refractivity contribution is 7.92. The summed E-state index contributed by atoms with van der Waals surface area (Å²) in [5.41, 5.74) is 5.80. The van der Waals surface area contributed by atoms with Gasteiger partial charge in [0.2, 0.25) is 0 Å². The lowest BCUT2D eigenvalue weighted by atomic mass is 10.2. The first-order chi connectivity index (χ1) is 7.08. The molecule has 1 aliphatic heterocycles. The van der Waals surface area contributed by atoms with E-state index in [1.807, 2.05) is 0 Å². The molecule has 3 unspecified atom stereocenters. The van der Waals surface area contributed by atoms with Gasteiger partial charge >= 0.3 is 0 Å². The third kappa shape index (κ3) is 2.71. The van der Waals surface area contributed by atoms with Crippen LogP contribution >= 0.6 is 0 Å². The highest BCUT2D eigenvalue weighted by Gasteiger charge is 2.32. The maximum Gasteiger partial charge on any atom is 0.154 e. The van der Waals surface area contributed by atoms with E-state index in [-0.39, 0.29) is 5.25 Å². The molecule has 1 saturated heterocycles. The molecule has 0 amide bonds. The Kier molecular flexibility index (Phi) is 3.33. The maximum absolute atomic E-state index is 11.6. The van der Waals surface area contributed by atoms with Crippen molar-refractivity contribution in [2.75, 3.05) is 12.3 Å². The van der Waals surface area contributed by atoms with E-state index >= 15 is 0 Å². The van der Waals surface area contributed by atoms with Crippen molar-refractivity contribution in [3.05, 3.63) is 0 Å². The summed E-state index contributed by atoms with van der Waals surface area (Å²) in [6.07, 6.45) is 4.81. The fourth-order valence-electron chi connectivity index (χ4n) is 2.59. The Hall–Kier alpha value is -0.130. The lowest BCUT2D eigenvalue weighted by molar-refractivity contribution is 0.501. The first kappa shape index (κ1) is 11.4. The number of sulfone groups is 1. The first-order valence-corrected chi connectivity index (χ1v) is 7.50. The Morgan fingerprint density at radius 1 is 1.27 bits per heavy atom. The average molecular weight is 232 g/mol. The molecule has 2 aliphatic rings. The van der Waals surface area contributed by atoms with E-state index in [0.717, 1.165) is 32.1 Å². The summed E-state index contributed by atoms with van der Waals surface area (Å²) in [5, 5.41) is 3.21. The lowest BCUT2D eigenvalue weighted by Gasteiger charge is -2.15. The van der Waals surface area contributed by atoms with Crippen molar-refractivity contribution in [1.82, 2.24) is 5.32 Å². The molecule has 15 heavy (non-hydrogen) atoms. The fraction of sp³-hybridized carbons (Fsp3) is 1.00. The van der Waals surface area contributed by atoms with E-state index in [4.69, 9.17) is 5.73 Å². The van der Waals surface area contributed by atoms with Crippen LogP contribution in [-0.4, -0.2) is 38.0 Å². The van der Waals surface area contributed by atoms with Crippen LogP contribution in [0.1, 0.15) is 32.1 Å². The fourth-order valence-corrected chi connectivity index (χ4v) is 4.37. The predicted octanol–water partition coefficient (Wildman–Crippen LogP) is 0.0330. The zero-order chi connectivity index (χ0) is 10.9. The van der Waals surface area contributed by atoms with Gasteiger partial charge in [0.1, 0.15) is 0 Å².